The molecule has 0 aromatic heterocycles. The molecule has 1 fully saturated rings. The number of nitrogens with one attached hydrogen (secondary N) is 2. The molecule has 150 valence electrons. The first-order valence-electron chi connectivity index (χ1n) is 9.88. The van der Waals surface area contributed by atoms with Crippen LogP contribution in [0.3, 0.4) is 0 Å². The van der Waals surface area contributed by atoms with E-state index in [9.17, 15) is 8.42 Å². The third-order valence-corrected chi connectivity index (χ3v) is 6.67. The van der Waals surface area contributed by atoms with Crippen LogP contribution >= 0.6 is 0 Å². The summed E-state index contributed by atoms with van der Waals surface area (Å²) in [5.74, 6) is 0. The second kappa shape index (κ2) is 8.11. The van der Waals surface area contributed by atoms with E-state index >= 15 is 0 Å². The Hall–Kier alpha value is -2.47. The maximum absolute atomic E-state index is 11.9. The zero-order chi connectivity index (χ0) is 20.4. The molecule has 1 heterocycles. The molecule has 0 amide bonds. The van der Waals surface area contributed by atoms with Crippen LogP contribution in [0.4, 0.5) is 0 Å². The Morgan fingerprint density at radius 2 is 1.55 bits per heavy atom. The van der Waals surface area contributed by atoms with E-state index in [-0.39, 0.29) is 0 Å². The van der Waals surface area contributed by atoms with Crippen molar-refractivity contribution in [2.75, 3.05) is 25.9 Å². The lowest BCUT2D eigenvalue weighted by atomic mass is 9.91. The number of piperazine rings is 1. The highest BCUT2D eigenvalue weighted by Gasteiger charge is 2.18. The standard InChI is InChI=1S/C24H26N2O2S/c1-17-22(10-5-11-23(17)24-16-25-12-13-26-24)20-8-3-6-18(14-20)19-7-4-9-21(15-19)29(2,27)28/h3-11,14-15,24-26H,12-13,16H2,1-2H3. The third kappa shape index (κ3) is 4.27. The van der Waals surface area contributed by atoms with Crippen LogP contribution in [0.25, 0.3) is 22.3 Å². The topological polar surface area (TPSA) is 58.2 Å². The summed E-state index contributed by atoms with van der Waals surface area (Å²) < 4.78 is 23.9. The Kier molecular flexibility index (Phi) is 5.54. The summed E-state index contributed by atoms with van der Waals surface area (Å²) in [5, 5.41) is 7.05. The zero-order valence-electron chi connectivity index (χ0n) is 16.8. The van der Waals surface area contributed by atoms with E-state index in [4.69, 9.17) is 0 Å². The lowest BCUT2D eigenvalue weighted by Crippen LogP contribution is -2.42. The summed E-state index contributed by atoms with van der Waals surface area (Å²) >= 11 is 0. The molecule has 1 aliphatic heterocycles. The molecule has 0 spiro atoms. The van der Waals surface area contributed by atoms with Gasteiger partial charge in [-0.1, -0.05) is 48.5 Å². The van der Waals surface area contributed by atoms with Crippen molar-refractivity contribution >= 4 is 9.84 Å². The van der Waals surface area contributed by atoms with E-state index in [1.54, 1.807) is 18.2 Å². The first-order chi connectivity index (χ1) is 13.9. The highest BCUT2D eigenvalue weighted by Crippen LogP contribution is 2.32. The fourth-order valence-electron chi connectivity index (χ4n) is 3.99. The molecule has 0 saturated carbocycles. The third-order valence-electron chi connectivity index (χ3n) is 5.56. The van der Waals surface area contributed by atoms with E-state index in [2.05, 4.69) is 47.9 Å². The number of benzene rings is 3. The molecule has 3 aromatic carbocycles. The molecule has 29 heavy (non-hydrogen) atoms. The summed E-state index contributed by atoms with van der Waals surface area (Å²) in [5.41, 5.74) is 6.85. The minimum Gasteiger partial charge on any atom is -0.314 e. The maximum Gasteiger partial charge on any atom is 0.175 e. The Bertz CT molecular complexity index is 1130. The van der Waals surface area contributed by atoms with Gasteiger partial charge in [0.2, 0.25) is 0 Å². The second-order valence-electron chi connectivity index (χ2n) is 7.61. The first kappa shape index (κ1) is 19.8. The van der Waals surface area contributed by atoms with E-state index in [1.807, 2.05) is 18.2 Å². The lowest BCUT2D eigenvalue weighted by molar-refractivity contribution is 0.429. The Labute approximate surface area is 172 Å². The van der Waals surface area contributed by atoms with Crippen LogP contribution in [0.15, 0.2) is 71.6 Å². The molecule has 5 heteroatoms. The molecule has 4 nitrogen and oxygen atoms in total. The van der Waals surface area contributed by atoms with Gasteiger partial charge in [0.25, 0.3) is 0 Å². The normalized spacial score (nSPS) is 17.2. The molecule has 4 rings (SSSR count). The molecule has 1 aliphatic rings. The van der Waals surface area contributed by atoms with Crippen LogP contribution in [0.1, 0.15) is 17.2 Å². The van der Waals surface area contributed by atoms with Crippen molar-refractivity contribution in [1.29, 1.82) is 0 Å². The number of rotatable bonds is 4. The van der Waals surface area contributed by atoms with Crippen LogP contribution in [-0.4, -0.2) is 34.3 Å². The summed E-state index contributed by atoms with van der Waals surface area (Å²) in [7, 11) is -3.23. The van der Waals surface area contributed by atoms with E-state index in [0.29, 0.717) is 10.9 Å². The number of sulfone groups is 1. The minimum atomic E-state index is -3.23. The quantitative estimate of drug-likeness (QED) is 0.688. The highest BCUT2D eigenvalue weighted by molar-refractivity contribution is 7.90. The van der Waals surface area contributed by atoms with Crippen LogP contribution in [0.5, 0.6) is 0 Å². The Morgan fingerprint density at radius 1 is 0.862 bits per heavy atom. The lowest BCUT2D eigenvalue weighted by Gasteiger charge is -2.27. The molecular weight excluding hydrogens is 380 g/mol. The number of hydrogen-bond donors (Lipinski definition) is 2. The van der Waals surface area contributed by atoms with Crippen LogP contribution < -0.4 is 10.6 Å². The molecular formula is C24H26N2O2S. The Morgan fingerprint density at radius 3 is 2.28 bits per heavy atom. The van der Waals surface area contributed by atoms with Gasteiger partial charge in [-0.25, -0.2) is 8.42 Å². The zero-order valence-corrected chi connectivity index (χ0v) is 17.6. The highest BCUT2D eigenvalue weighted by atomic mass is 32.2. The summed E-state index contributed by atoms with van der Waals surface area (Å²) in [4.78, 5) is 0.342. The van der Waals surface area contributed by atoms with Crippen LogP contribution in [0.2, 0.25) is 0 Å². The largest absolute Gasteiger partial charge is 0.314 e. The molecule has 1 unspecified atom stereocenters. The van der Waals surface area contributed by atoms with Crippen molar-refractivity contribution < 1.29 is 8.42 Å². The van der Waals surface area contributed by atoms with Gasteiger partial charge >= 0.3 is 0 Å². The smallest absolute Gasteiger partial charge is 0.175 e. The van der Waals surface area contributed by atoms with Crippen molar-refractivity contribution in [2.45, 2.75) is 17.9 Å². The van der Waals surface area contributed by atoms with Gasteiger partial charge in [-0.05, 0) is 58.5 Å². The van der Waals surface area contributed by atoms with Gasteiger partial charge in [-0.2, -0.15) is 0 Å². The minimum absolute atomic E-state index is 0.318. The van der Waals surface area contributed by atoms with Crippen molar-refractivity contribution in [3.05, 3.63) is 77.9 Å². The van der Waals surface area contributed by atoms with Crippen LogP contribution in [0, 0.1) is 6.92 Å². The van der Waals surface area contributed by atoms with Gasteiger partial charge in [0.1, 0.15) is 0 Å². The van der Waals surface area contributed by atoms with Gasteiger partial charge in [0, 0.05) is 31.9 Å². The van der Waals surface area contributed by atoms with E-state index < -0.39 is 9.84 Å². The molecule has 0 radical (unpaired) electrons. The van der Waals surface area contributed by atoms with Crippen molar-refractivity contribution in [3.8, 4) is 22.3 Å². The van der Waals surface area contributed by atoms with Crippen molar-refractivity contribution in [1.82, 2.24) is 10.6 Å². The maximum atomic E-state index is 11.9. The van der Waals surface area contributed by atoms with Crippen molar-refractivity contribution in [3.63, 3.8) is 0 Å². The molecule has 0 bridgehead atoms. The van der Waals surface area contributed by atoms with E-state index in [0.717, 1.165) is 36.3 Å². The summed E-state index contributed by atoms with van der Waals surface area (Å²) in [6, 6.07) is 22.2. The summed E-state index contributed by atoms with van der Waals surface area (Å²) in [6.45, 7) is 5.09. The average Bonchev–Trinajstić information content (AvgIpc) is 2.74. The fraction of sp³-hybridized carbons (Fsp3) is 0.250. The van der Waals surface area contributed by atoms with Gasteiger partial charge < -0.3 is 10.6 Å². The molecule has 1 saturated heterocycles. The monoisotopic (exact) mass is 406 g/mol. The molecule has 1 atom stereocenters. The van der Waals surface area contributed by atoms with Crippen LogP contribution in [-0.2, 0) is 9.84 Å². The van der Waals surface area contributed by atoms with Gasteiger partial charge in [-0.15, -0.1) is 0 Å². The fourth-order valence-corrected chi connectivity index (χ4v) is 4.66. The van der Waals surface area contributed by atoms with E-state index in [1.165, 1.54) is 22.9 Å². The first-order valence-corrected chi connectivity index (χ1v) is 11.8. The molecule has 0 aliphatic carbocycles. The van der Waals surface area contributed by atoms with Gasteiger partial charge in [0.15, 0.2) is 9.84 Å². The van der Waals surface area contributed by atoms with Crippen molar-refractivity contribution in [2.24, 2.45) is 0 Å². The predicted molar refractivity (Wildman–Crippen MR) is 119 cm³/mol. The van der Waals surface area contributed by atoms with Gasteiger partial charge in [0.05, 0.1) is 4.90 Å². The molecule has 2 N–H and O–H groups in total. The molecule has 3 aromatic rings. The Balaban J connectivity index is 1.73. The second-order valence-corrected chi connectivity index (χ2v) is 9.63. The average molecular weight is 407 g/mol. The SMILES string of the molecule is Cc1c(-c2cccc(-c3cccc(S(C)(=O)=O)c3)c2)cccc1C1CNCCN1. The summed E-state index contributed by atoms with van der Waals surface area (Å²) in [6.07, 6.45) is 1.24. The predicted octanol–water partition coefficient (Wildman–Crippen LogP) is 3.97. The van der Waals surface area contributed by atoms with Gasteiger partial charge in [-0.3, -0.25) is 0 Å². The number of hydrogen-bond acceptors (Lipinski definition) is 4.